The van der Waals surface area contributed by atoms with Crippen molar-refractivity contribution in [1.82, 2.24) is 4.98 Å². The summed E-state index contributed by atoms with van der Waals surface area (Å²) in [5.74, 6) is 0.856. The Morgan fingerprint density at radius 1 is 1.53 bits per heavy atom. The molecule has 1 aromatic rings. The minimum Gasteiger partial charge on any atom is -0.396 e. The minimum atomic E-state index is 0.683. The third kappa shape index (κ3) is 2.83. The van der Waals surface area contributed by atoms with Crippen LogP contribution in [-0.2, 0) is 4.74 Å². The predicted octanol–water partition coefficient (Wildman–Crippen LogP) is 1.44. The molecular formula is C11H19N3O. The van der Waals surface area contributed by atoms with Gasteiger partial charge in [0.25, 0.3) is 0 Å². The maximum absolute atomic E-state index is 5.99. The molecule has 0 aliphatic carbocycles. The molecule has 0 aliphatic rings. The van der Waals surface area contributed by atoms with Gasteiger partial charge in [0.1, 0.15) is 0 Å². The zero-order chi connectivity index (χ0) is 11.3. The van der Waals surface area contributed by atoms with Gasteiger partial charge in [-0.1, -0.05) is 0 Å². The van der Waals surface area contributed by atoms with Crippen molar-refractivity contribution < 1.29 is 4.74 Å². The Hall–Kier alpha value is -1.29. The standard InChI is InChI=1S/C11H19N3O/c1-4-14(7-8-15-3)11-10(12)9(2)5-6-13-11/h5-6H,4,7-8,12H2,1-3H3. The van der Waals surface area contributed by atoms with E-state index in [1.807, 2.05) is 13.0 Å². The van der Waals surface area contributed by atoms with Crippen molar-refractivity contribution in [2.24, 2.45) is 0 Å². The van der Waals surface area contributed by atoms with E-state index in [2.05, 4.69) is 16.8 Å². The van der Waals surface area contributed by atoms with Gasteiger partial charge in [0.2, 0.25) is 0 Å². The Morgan fingerprint density at radius 3 is 2.87 bits per heavy atom. The number of pyridine rings is 1. The number of aromatic nitrogens is 1. The average Bonchev–Trinajstić information content (AvgIpc) is 2.25. The van der Waals surface area contributed by atoms with Crippen LogP contribution in [0.2, 0.25) is 0 Å². The lowest BCUT2D eigenvalue weighted by atomic mass is 10.2. The molecule has 2 N–H and O–H groups in total. The third-order valence-electron chi connectivity index (χ3n) is 2.43. The van der Waals surface area contributed by atoms with Crippen molar-refractivity contribution in [3.63, 3.8) is 0 Å². The summed E-state index contributed by atoms with van der Waals surface area (Å²) in [6, 6.07) is 1.92. The second kappa shape index (κ2) is 5.56. The Morgan fingerprint density at radius 2 is 2.27 bits per heavy atom. The molecule has 0 unspecified atom stereocenters. The van der Waals surface area contributed by atoms with Crippen LogP contribution in [0.4, 0.5) is 11.5 Å². The van der Waals surface area contributed by atoms with Gasteiger partial charge < -0.3 is 15.4 Å². The van der Waals surface area contributed by atoms with Gasteiger partial charge in [0.05, 0.1) is 12.3 Å². The Labute approximate surface area is 91.1 Å². The molecule has 4 nitrogen and oxygen atoms in total. The molecule has 84 valence electrons. The van der Waals surface area contributed by atoms with Crippen LogP contribution in [0.25, 0.3) is 0 Å². The monoisotopic (exact) mass is 209 g/mol. The van der Waals surface area contributed by atoms with Crippen molar-refractivity contribution >= 4 is 11.5 Å². The summed E-state index contributed by atoms with van der Waals surface area (Å²) >= 11 is 0. The van der Waals surface area contributed by atoms with E-state index in [-0.39, 0.29) is 0 Å². The molecule has 0 radical (unpaired) electrons. The molecule has 0 saturated heterocycles. The van der Waals surface area contributed by atoms with Gasteiger partial charge in [-0.05, 0) is 25.5 Å². The van der Waals surface area contributed by atoms with Gasteiger partial charge in [-0.15, -0.1) is 0 Å². The van der Waals surface area contributed by atoms with E-state index in [0.29, 0.717) is 6.61 Å². The zero-order valence-electron chi connectivity index (χ0n) is 9.66. The van der Waals surface area contributed by atoms with Crippen LogP contribution < -0.4 is 10.6 Å². The highest BCUT2D eigenvalue weighted by Gasteiger charge is 2.10. The smallest absolute Gasteiger partial charge is 0.152 e. The Kier molecular flexibility index (Phi) is 4.37. The molecule has 0 saturated carbocycles. The number of rotatable bonds is 5. The molecule has 0 atom stereocenters. The van der Waals surface area contributed by atoms with Crippen molar-refractivity contribution in [2.75, 3.05) is 37.4 Å². The molecule has 0 aromatic carbocycles. The summed E-state index contributed by atoms with van der Waals surface area (Å²) in [6.45, 7) is 6.45. The number of ether oxygens (including phenoxy) is 1. The maximum Gasteiger partial charge on any atom is 0.152 e. The lowest BCUT2D eigenvalue weighted by Crippen LogP contribution is -2.28. The van der Waals surface area contributed by atoms with Crippen molar-refractivity contribution in [1.29, 1.82) is 0 Å². The molecule has 4 heteroatoms. The summed E-state index contributed by atoms with van der Waals surface area (Å²) < 4.78 is 5.06. The van der Waals surface area contributed by atoms with Gasteiger partial charge in [-0.3, -0.25) is 0 Å². The van der Waals surface area contributed by atoms with E-state index in [1.54, 1.807) is 13.3 Å². The molecule has 15 heavy (non-hydrogen) atoms. The van der Waals surface area contributed by atoms with Crippen LogP contribution in [0, 0.1) is 6.92 Å². The second-order valence-electron chi connectivity index (χ2n) is 3.44. The lowest BCUT2D eigenvalue weighted by molar-refractivity contribution is 0.205. The highest BCUT2D eigenvalue weighted by atomic mass is 16.5. The number of nitrogens with zero attached hydrogens (tertiary/aromatic N) is 2. The highest BCUT2D eigenvalue weighted by Crippen LogP contribution is 2.22. The van der Waals surface area contributed by atoms with E-state index in [4.69, 9.17) is 10.5 Å². The molecule has 1 aromatic heterocycles. The normalized spacial score (nSPS) is 10.3. The fourth-order valence-electron chi connectivity index (χ4n) is 1.42. The minimum absolute atomic E-state index is 0.683. The van der Waals surface area contributed by atoms with Crippen LogP contribution in [0.1, 0.15) is 12.5 Å². The van der Waals surface area contributed by atoms with Gasteiger partial charge in [-0.2, -0.15) is 0 Å². The zero-order valence-corrected chi connectivity index (χ0v) is 9.66. The molecule has 0 amide bonds. The van der Waals surface area contributed by atoms with E-state index >= 15 is 0 Å². The summed E-state index contributed by atoms with van der Waals surface area (Å²) in [4.78, 5) is 6.43. The molecule has 0 aliphatic heterocycles. The lowest BCUT2D eigenvalue weighted by Gasteiger charge is -2.23. The second-order valence-corrected chi connectivity index (χ2v) is 3.44. The number of likely N-dealkylation sites (N-methyl/N-ethyl adjacent to an activating group) is 1. The summed E-state index contributed by atoms with van der Waals surface area (Å²) in [5.41, 5.74) is 7.81. The molecular weight excluding hydrogens is 190 g/mol. The van der Waals surface area contributed by atoms with E-state index in [1.165, 1.54) is 0 Å². The van der Waals surface area contributed by atoms with Crippen LogP contribution in [0.5, 0.6) is 0 Å². The van der Waals surface area contributed by atoms with E-state index in [9.17, 15) is 0 Å². The predicted molar refractivity (Wildman–Crippen MR) is 63.1 cm³/mol. The molecule has 0 bridgehead atoms. The number of hydrogen-bond donors (Lipinski definition) is 1. The van der Waals surface area contributed by atoms with Crippen molar-refractivity contribution in [3.05, 3.63) is 17.8 Å². The van der Waals surface area contributed by atoms with E-state index < -0.39 is 0 Å². The summed E-state index contributed by atoms with van der Waals surface area (Å²) in [7, 11) is 1.70. The summed E-state index contributed by atoms with van der Waals surface area (Å²) in [6.07, 6.45) is 1.79. The first-order chi connectivity index (χ1) is 7.20. The number of aryl methyl sites for hydroxylation is 1. The first kappa shape index (κ1) is 11.8. The van der Waals surface area contributed by atoms with Gasteiger partial charge in [0.15, 0.2) is 5.82 Å². The van der Waals surface area contributed by atoms with Gasteiger partial charge in [-0.25, -0.2) is 4.98 Å². The number of nitrogens with two attached hydrogens (primary N) is 1. The molecule has 1 heterocycles. The fourth-order valence-corrected chi connectivity index (χ4v) is 1.42. The molecule has 0 spiro atoms. The topological polar surface area (TPSA) is 51.4 Å². The Balaban J connectivity index is 2.86. The maximum atomic E-state index is 5.99. The van der Waals surface area contributed by atoms with Crippen LogP contribution >= 0.6 is 0 Å². The van der Waals surface area contributed by atoms with Crippen LogP contribution in [0.15, 0.2) is 12.3 Å². The number of methoxy groups -OCH3 is 1. The van der Waals surface area contributed by atoms with Crippen LogP contribution in [0.3, 0.4) is 0 Å². The molecule has 1 rings (SSSR count). The largest absolute Gasteiger partial charge is 0.396 e. The SMILES string of the molecule is CCN(CCOC)c1nccc(C)c1N. The number of anilines is 2. The van der Waals surface area contributed by atoms with Crippen molar-refractivity contribution in [2.45, 2.75) is 13.8 Å². The highest BCUT2D eigenvalue weighted by molar-refractivity contribution is 5.66. The molecule has 0 fully saturated rings. The first-order valence-electron chi connectivity index (χ1n) is 5.15. The van der Waals surface area contributed by atoms with Crippen molar-refractivity contribution in [3.8, 4) is 0 Å². The average molecular weight is 209 g/mol. The third-order valence-corrected chi connectivity index (χ3v) is 2.43. The summed E-state index contributed by atoms with van der Waals surface area (Å²) in [5, 5.41) is 0. The fraction of sp³-hybridized carbons (Fsp3) is 0.545. The van der Waals surface area contributed by atoms with Gasteiger partial charge >= 0.3 is 0 Å². The van der Waals surface area contributed by atoms with Crippen LogP contribution in [-0.4, -0.2) is 31.8 Å². The number of hydrogen-bond acceptors (Lipinski definition) is 4. The quantitative estimate of drug-likeness (QED) is 0.797. The Bertz CT molecular complexity index is 315. The van der Waals surface area contributed by atoms with Gasteiger partial charge in [0, 0.05) is 26.4 Å². The first-order valence-corrected chi connectivity index (χ1v) is 5.15. The van der Waals surface area contributed by atoms with E-state index in [0.717, 1.165) is 30.2 Å². The number of nitrogen functional groups attached to an aromatic ring is 1.